The third-order valence-electron chi connectivity index (χ3n) is 1.84. The van der Waals surface area contributed by atoms with Gasteiger partial charge in [0, 0.05) is 6.61 Å². The zero-order valence-electron chi connectivity index (χ0n) is 8.61. The Hall–Kier alpha value is -0.0400. The molecule has 1 heteroatoms. The molecule has 0 radical (unpaired) electrons. The minimum atomic E-state index is 0.0352. The number of hydrogen-bond acceptors (Lipinski definition) is 1. The Bertz CT molecular complexity index is 91.5. The van der Waals surface area contributed by atoms with Gasteiger partial charge in [0.15, 0.2) is 0 Å². The van der Waals surface area contributed by atoms with E-state index < -0.39 is 0 Å². The highest BCUT2D eigenvalue weighted by Crippen LogP contribution is 2.11. The summed E-state index contributed by atoms with van der Waals surface area (Å²) in [6.45, 7) is 11.7. The van der Waals surface area contributed by atoms with Crippen LogP contribution in [0.1, 0.15) is 47.5 Å². The number of rotatable bonds is 4. The van der Waals surface area contributed by atoms with Crippen LogP contribution >= 0.6 is 0 Å². The predicted octanol–water partition coefficient (Wildman–Crippen LogP) is 3.24. The van der Waals surface area contributed by atoms with E-state index in [0.29, 0.717) is 0 Å². The van der Waals surface area contributed by atoms with Gasteiger partial charge in [-0.05, 0) is 33.1 Å². The van der Waals surface area contributed by atoms with Crippen molar-refractivity contribution in [1.82, 2.24) is 0 Å². The molecule has 0 aromatic carbocycles. The lowest BCUT2D eigenvalue weighted by molar-refractivity contribution is -0.00861. The van der Waals surface area contributed by atoms with Crippen molar-refractivity contribution in [1.29, 1.82) is 0 Å². The van der Waals surface area contributed by atoms with Crippen LogP contribution in [0.2, 0.25) is 0 Å². The van der Waals surface area contributed by atoms with E-state index in [1.165, 1.54) is 12.8 Å². The van der Waals surface area contributed by atoms with Gasteiger partial charge in [-0.3, -0.25) is 0 Å². The zero-order valence-corrected chi connectivity index (χ0v) is 8.61. The molecule has 0 bridgehead atoms. The van der Waals surface area contributed by atoms with Gasteiger partial charge in [0.25, 0.3) is 0 Å². The monoisotopic (exact) mass is 158 g/mol. The van der Waals surface area contributed by atoms with E-state index in [1.54, 1.807) is 0 Å². The van der Waals surface area contributed by atoms with E-state index in [1.807, 2.05) is 0 Å². The maximum absolute atomic E-state index is 5.60. The average Bonchev–Trinajstić information content (AvgIpc) is 1.85. The Labute approximate surface area is 71.1 Å². The van der Waals surface area contributed by atoms with Crippen LogP contribution in [0, 0.1) is 5.92 Å². The second kappa shape index (κ2) is 4.76. The smallest absolute Gasteiger partial charge is 0.0598 e. The highest BCUT2D eigenvalue weighted by atomic mass is 16.5. The van der Waals surface area contributed by atoms with Crippen molar-refractivity contribution in [3.05, 3.63) is 0 Å². The van der Waals surface area contributed by atoms with Gasteiger partial charge in [-0.2, -0.15) is 0 Å². The maximum Gasteiger partial charge on any atom is 0.0598 e. The van der Waals surface area contributed by atoms with E-state index >= 15 is 0 Å². The molecule has 0 saturated carbocycles. The molecule has 11 heavy (non-hydrogen) atoms. The lowest BCUT2D eigenvalue weighted by atomic mass is 10.1. The Morgan fingerprint density at radius 3 is 2.18 bits per heavy atom. The first-order chi connectivity index (χ1) is 4.95. The molecule has 0 aliphatic heterocycles. The SMILES string of the molecule is CCC(C)CCOC(C)(C)C. The minimum Gasteiger partial charge on any atom is -0.376 e. The average molecular weight is 158 g/mol. The Morgan fingerprint density at radius 1 is 1.27 bits per heavy atom. The third-order valence-corrected chi connectivity index (χ3v) is 1.84. The standard InChI is InChI=1S/C10H22O/c1-6-9(2)7-8-11-10(3,4)5/h9H,6-8H2,1-5H3. The van der Waals surface area contributed by atoms with Crippen LogP contribution in [0.3, 0.4) is 0 Å². The Morgan fingerprint density at radius 2 is 1.82 bits per heavy atom. The molecule has 1 nitrogen and oxygen atoms in total. The summed E-state index contributed by atoms with van der Waals surface area (Å²) < 4.78 is 5.60. The number of ether oxygens (including phenoxy) is 1. The van der Waals surface area contributed by atoms with Crippen LogP contribution in [0.25, 0.3) is 0 Å². The Balaban J connectivity index is 3.28. The molecule has 0 rings (SSSR count). The summed E-state index contributed by atoms with van der Waals surface area (Å²) in [7, 11) is 0. The fourth-order valence-corrected chi connectivity index (χ4v) is 0.770. The normalized spacial score (nSPS) is 15.0. The largest absolute Gasteiger partial charge is 0.376 e. The summed E-state index contributed by atoms with van der Waals surface area (Å²) in [6.07, 6.45) is 2.45. The summed E-state index contributed by atoms with van der Waals surface area (Å²) in [5.41, 5.74) is 0.0352. The maximum atomic E-state index is 5.60. The first kappa shape index (κ1) is 11.0. The van der Waals surface area contributed by atoms with Crippen molar-refractivity contribution >= 4 is 0 Å². The van der Waals surface area contributed by atoms with Gasteiger partial charge in [-0.1, -0.05) is 20.3 Å². The van der Waals surface area contributed by atoms with E-state index in [-0.39, 0.29) is 5.60 Å². The summed E-state index contributed by atoms with van der Waals surface area (Å²) >= 11 is 0. The van der Waals surface area contributed by atoms with Gasteiger partial charge in [0.1, 0.15) is 0 Å². The van der Waals surface area contributed by atoms with E-state index in [2.05, 4.69) is 34.6 Å². The summed E-state index contributed by atoms with van der Waals surface area (Å²) in [5.74, 6) is 0.803. The lowest BCUT2D eigenvalue weighted by Crippen LogP contribution is -2.20. The molecular weight excluding hydrogens is 136 g/mol. The van der Waals surface area contributed by atoms with Gasteiger partial charge in [-0.25, -0.2) is 0 Å². The van der Waals surface area contributed by atoms with Gasteiger partial charge in [0.05, 0.1) is 5.60 Å². The fraction of sp³-hybridized carbons (Fsp3) is 1.00. The summed E-state index contributed by atoms with van der Waals surface area (Å²) in [4.78, 5) is 0. The molecule has 1 unspecified atom stereocenters. The van der Waals surface area contributed by atoms with E-state index in [0.717, 1.165) is 12.5 Å². The Kier molecular flexibility index (Phi) is 4.74. The van der Waals surface area contributed by atoms with Crippen LogP contribution in [0.5, 0.6) is 0 Å². The van der Waals surface area contributed by atoms with Crippen molar-refractivity contribution in [3.8, 4) is 0 Å². The molecule has 0 spiro atoms. The second-order valence-electron chi connectivity index (χ2n) is 4.26. The molecule has 0 aliphatic carbocycles. The molecule has 0 N–H and O–H groups in total. The molecule has 68 valence electrons. The van der Waals surface area contributed by atoms with Crippen LogP contribution in [0.4, 0.5) is 0 Å². The molecule has 0 fully saturated rings. The highest BCUT2D eigenvalue weighted by molar-refractivity contribution is 4.59. The molecular formula is C10H22O. The van der Waals surface area contributed by atoms with Gasteiger partial charge in [0.2, 0.25) is 0 Å². The predicted molar refractivity (Wildman–Crippen MR) is 49.8 cm³/mol. The molecule has 0 aliphatic rings. The van der Waals surface area contributed by atoms with Crippen molar-refractivity contribution < 1.29 is 4.74 Å². The van der Waals surface area contributed by atoms with Gasteiger partial charge >= 0.3 is 0 Å². The van der Waals surface area contributed by atoms with Crippen molar-refractivity contribution in [2.75, 3.05) is 6.61 Å². The van der Waals surface area contributed by atoms with Gasteiger partial charge in [-0.15, -0.1) is 0 Å². The first-order valence-electron chi connectivity index (χ1n) is 4.59. The summed E-state index contributed by atoms with van der Waals surface area (Å²) in [6, 6.07) is 0. The number of hydrogen-bond donors (Lipinski definition) is 0. The second-order valence-corrected chi connectivity index (χ2v) is 4.26. The zero-order chi connectivity index (χ0) is 8.91. The first-order valence-corrected chi connectivity index (χ1v) is 4.59. The summed E-state index contributed by atoms with van der Waals surface area (Å²) in [5, 5.41) is 0. The minimum absolute atomic E-state index is 0.0352. The van der Waals surface area contributed by atoms with Crippen LogP contribution in [0.15, 0.2) is 0 Å². The molecule has 0 saturated heterocycles. The quantitative estimate of drug-likeness (QED) is 0.610. The van der Waals surface area contributed by atoms with Crippen molar-refractivity contribution in [2.45, 2.75) is 53.1 Å². The van der Waals surface area contributed by atoms with Crippen molar-refractivity contribution in [3.63, 3.8) is 0 Å². The molecule has 0 heterocycles. The van der Waals surface area contributed by atoms with Gasteiger partial charge < -0.3 is 4.74 Å². The van der Waals surface area contributed by atoms with Crippen LogP contribution in [-0.2, 0) is 4.74 Å². The molecule has 0 aromatic heterocycles. The van der Waals surface area contributed by atoms with E-state index in [4.69, 9.17) is 4.74 Å². The third kappa shape index (κ3) is 7.86. The molecule has 0 aromatic rings. The van der Waals surface area contributed by atoms with Crippen molar-refractivity contribution in [2.24, 2.45) is 5.92 Å². The fourth-order valence-electron chi connectivity index (χ4n) is 0.770. The lowest BCUT2D eigenvalue weighted by Gasteiger charge is -2.20. The topological polar surface area (TPSA) is 9.23 Å². The van der Waals surface area contributed by atoms with E-state index in [9.17, 15) is 0 Å². The molecule has 0 amide bonds. The highest BCUT2D eigenvalue weighted by Gasteiger charge is 2.09. The molecule has 1 atom stereocenters. The van der Waals surface area contributed by atoms with Crippen LogP contribution in [-0.4, -0.2) is 12.2 Å². The van der Waals surface area contributed by atoms with Crippen LogP contribution < -0.4 is 0 Å².